The number of ether oxygens (including phenoxy) is 1. The van der Waals surface area contributed by atoms with Crippen LogP contribution in [0.15, 0.2) is 75.9 Å². The minimum absolute atomic E-state index is 0.0170. The van der Waals surface area contributed by atoms with Crippen molar-refractivity contribution in [2.24, 2.45) is 0 Å². The minimum atomic E-state index is -0.375. The van der Waals surface area contributed by atoms with Crippen LogP contribution in [0.2, 0.25) is 5.02 Å². The SMILES string of the molecule is Cc1cc(C)cc(NC(=O)COc2c(-c3ccc(Cl)cc3)oc3ccccc3c2=O)c1. The second-order valence-electron chi connectivity index (χ2n) is 7.31. The van der Waals surface area contributed by atoms with Gasteiger partial charge in [0.2, 0.25) is 11.2 Å². The smallest absolute Gasteiger partial charge is 0.262 e. The number of aryl methyl sites for hydroxylation is 2. The molecule has 156 valence electrons. The molecule has 0 saturated carbocycles. The van der Waals surface area contributed by atoms with Gasteiger partial charge in [-0.05, 0) is 73.5 Å². The van der Waals surface area contributed by atoms with Gasteiger partial charge < -0.3 is 14.5 Å². The van der Waals surface area contributed by atoms with Gasteiger partial charge in [0.15, 0.2) is 12.4 Å². The lowest BCUT2D eigenvalue weighted by Gasteiger charge is -2.12. The monoisotopic (exact) mass is 433 g/mol. The molecule has 4 rings (SSSR count). The quantitative estimate of drug-likeness (QED) is 0.435. The van der Waals surface area contributed by atoms with Crippen LogP contribution in [0.1, 0.15) is 11.1 Å². The number of para-hydroxylation sites is 1. The lowest BCUT2D eigenvalue weighted by atomic mass is 10.1. The van der Waals surface area contributed by atoms with Crippen LogP contribution in [-0.2, 0) is 4.79 Å². The van der Waals surface area contributed by atoms with E-state index >= 15 is 0 Å². The Morgan fingerprint density at radius 3 is 2.39 bits per heavy atom. The molecule has 1 N–H and O–H groups in total. The van der Waals surface area contributed by atoms with Crippen LogP contribution in [0.3, 0.4) is 0 Å². The summed E-state index contributed by atoms with van der Waals surface area (Å²) in [6.07, 6.45) is 0. The zero-order chi connectivity index (χ0) is 22.0. The second-order valence-corrected chi connectivity index (χ2v) is 7.74. The number of amides is 1. The Balaban J connectivity index is 1.66. The Labute approximate surface area is 184 Å². The van der Waals surface area contributed by atoms with Gasteiger partial charge in [-0.25, -0.2) is 0 Å². The summed E-state index contributed by atoms with van der Waals surface area (Å²) in [6.45, 7) is 3.58. The van der Waals surface area contributed by atoms with E-state index in [0.29, 0.717) is 27.2 Å². The molecular formula is C25H20ClNO4. The van der Waals surface area contributed by atoms with E-state index in [1.54, 1.807) is 48.5 Å². The molecule has 0 fully saturated rings. The molecule has 0 aliphatic rings. The highest BCUT2D eigenvalue weighted by molar-refractivity contribution is 6.30. The number of hydrogen-bond donors (Lipinski definition) is 1. The molecule has 5 nitrogen and oxygen atoms in total. The van der Waals surface area contributed by atoms with E-state index in [1.807, 2.05) is 32.0 Å². The van der Waals surface area contributed by atoms with Crippen LogP contribution in [0, 0.1) is 13.8 Å². The van der Waals surface area contributed by atoms with Crippen molar-refractivity contribution < 1.29 is 13.9 Å². The maximum atomic E-state index is 13.1. The molecule has 0 saturated heterocycles. The Morgan fingerprint density at radius 1 is 1.00 bits per heavy atom. The number of carbonyl (C=O) groups is 1. The third-order valence-corrected chi connectivity index (χ3v) is 4.97. The number of fused-ring (bicyclic) bond motifs is 1. The summed E-state index contributed by atoms with van der Waals surface area (Å²) < 4.78 is 11.7. The van der Waals surface area contributed by atoms with Crippen LogP contribution in [0.5, 0.6) is 5.75 Å². The fourth-order valence-electron chi connectivity index (χ4n) is 3.43. The highest BCUT2D eigenvalue weighted by Gasteiger charge is 2.19. The molecule has 0 aliphatic carbocycles. The van der Waals surface area contributed by atoms with Crippen molar-refractivity contribution in [1.82, 2.24) is 0 Å². The third-order valence-electron chi connectivity index (χ3n) is 4.72. The Kier molecular flexibility index (Phi) is 5.78. The molecule has 0 bridgehead atoms. The van der Waals surface area contributed by atoms with Crippen LogP contribution < -0.4 is 15.5 Å². The third kappa shape index (κ3) is 4.62. The van der Waals surface area contributed by atoms with E-state index < -0.39 is 0 Å². The largest absolute Gasteiger partial charge is 0.476 e. The predicted octanol–water partition coefficient (Wildman–Crippen LogP) is 5.75. The highest BCUT2D eigenvalue weighted by Crippen LogP contribution is 2.31. The summed E-state index contributed by atoms with van der Waals surface area (Å²) in [5, 5.41) is 3.74. The molecular weight excluding hydrogens is 414 g/mol. The molecule has 1 aromatic heterocycles. The van der Waals surface area contributed by atoms with Crippen molar-refractivity contribution >= 4 is 34.2 Å². The van der Waals surface area contributed by atoms with Crippen molar-refractivity contribution in [2.75, 3.05) is 11.9 Å². The van der Waals surface area contributed by atoms with Crippen LogP contribution in [0.25, 0.3) is 22.3 Å². The normalized spacial score (nSPS) is 10.8. The minimum Gasteiger partial charge on any atom is -0.476 e. The maximum absolute atomic E-state index is 13.1. The molecule has 4 aromatic rings. The van der Waals surface area contributed by atoms with E-state index in [2.05, 4.69) is 5.32 Å². The number of carbonyl (C=O) groups excluding carboxylic acids is 1. The molecule has 0 radical (unpaired) electrons. The van der Waals surface area contributed by atoms with E-state index in [1.165, 1.54) is 0 Å². The van der Waals surface area contributed by atoms with Gasteiger partial charge in [0.25, 0.3) is 5.91 Å². The molecule has 6 heteroatoms. The van der Waals surface area contributed by atoms with E-state index in [4.69, 9.17) is 20.8 Å². The number of halogens is 1. The number of hydrogen-bond acceptors (Lipinski definition) is 4. The average molecular weight is 434 g/mol. The predicted molar refractivity (Wildman–Crippen MR) is 123 cm³/mol. The van der Waals surface area contributed by atoms with Gasteiger partial charge in [-0.3, -0.25) is 9.59 Å². The average Bonchev–Trinajstić information content (AvgIpc) is 2.73. The fraction of sp³-hybridized carbons (Fsp3) is 0.120. The number of anilines is 1. The fourth-order valence-corrected chi connectivity index (χ4v) is 3.55. The standard InChI is InChI=1S/C25H20ClNO4/c1-15-11-16(2)13-19(12-15)27-22(28)14-30-25-23(29)20-5-3-4-6-21(20)31-24(25)17-7-9-18(26)10-8-17/h3-13H,14H2,1-2H3,(H,27,28). The number of rotatable bonds is 5. The van der Waals surface area contributed by atoms with Crippen molar-refractivity contribution in [1.29, 1.82) is 0 Å². The number of benzene rings is 3. The molecule has 0 aliphatic heterocycles. The molecule has 0 unspecified atom stereocenters. The molecule has 3 aromatic carbocycles. The van der Waals surface area contributed by atoms with Crippen LogP contribution >= 0.6 is 11.6 Å². The van der Waals surface area contributed by atoms with Crippen LogP contribution in [-0.4, -0.2) is 12.5 Å². The first kappa shape index (κ1) is 20.7. The first-order valence-corrected chi connectivity index (χ1v) is 10.1. The zero-order valence-corrected chi connectivity index (χ0v) is 17.8. The summed E-state index contributed by atoms with van der Waals surface area (Å²) >= 11 is 5.99. The Hall–Kier alpha value is -3.57. The Morgan fingerprint density at radius 2 is 1.68 bits per heavy atom. The zero-order valence-electron chi connectivity index (χ0n) is 17.1. The number of nitrogens with one attached hydrogen (secondary N) is 1. The summed E-state index contributed by atoms with van der Waals surface area (Å²) in [5.74, 6) is -0.143. The van der Waals surface area contributed by atoms with Crippen molar-refractivity contribution in [3.63, 3.8) is 0 Å². The van der Waals surface area contributed by atoms with Gasteiger partial charge in [-0.15, -0.1) is 0 Å². The first-order valence-electron chi connectivity index (χ1n) is 9.73. The van der Waals surface area contributed by atoms with Crippen molar-refractivity contribution in [3.05, 3.63) is 93.1 Å². The first-order chi connectivity index (χ1) is 14.9. The highest BCUT2D eigenvalue weighted by atomic mass is 35.5. The van der Waals surface area contributed by atoms with E-state index in [0.717, 1.165) is 11.1 Å². The topological polar surface area (TPSA) is 68.5 Å². The second kappa shape index (κ2) is 8.66. The van der Waals surface area contributed by atoms with Crippen molar-refractivity contribution in [2.45, 2.75) is 13.8 Å². The summed E-state index contributed by atoms with van der Waals surface area (Å²) in [4.78, 5) is 25.6. The summed E-state index contributed by atoms with van der Waals surface area (Å²) in [7, 11) is 0. The van der Waals surface area contributed by atoms with Crippen molar-refractivity contribution in [3.8, 4) is 17.1 Å². The van der Waals surface area contributed by atoms with Gasteiger partial charge in [0.05, 0.1) is 5.39 Å². The lowest BCUT2D eigenvalue weighted by molar-refractivity contribution is -0.118. The van der Waals surface area contributed by atoms with Gasteiger partial charge >= 0.3 is 0 Å². The summed E-state index contributed by atoms with van der Waals surface area (Å²) in [6, 6.07) is 19.5. The molecule has 31 heavy (non-hydrogen) atoms. The molecule has 0 spiro atoms. The molecule has 1 heterocycles. The van der Waals surface area contributed by atoms with Gasteiger partial charge in [0.1, 0.15) is 5.58 Å². The van der Waals surface area contributed by atoms with Gasteiger partial charge in [0, 0.05) is 16.3 Å². The van der Waals surface area contributed by atoms with Crippen LogP contribution in [0.4, 0.5) is 5.69 Å². The van der Waals surface area contributed by atoms with E-state index in [-0.39, 0.29) is 29.5 Å². The Bertz CT molecular complexity index is 1310. The maximum Gasteiger partial charge on any atom is 0.262 e. The van der Waals surface area contributed by atoms with E-state index in [9.17, 15) is 9.59 Å². The molecule has 0 atom stereocenters. The van der Waals surface area contributed by atoms with Gasteiger partial charge in [-0.2, -0.15) is 0 Å². The summed E-state index contributed by atoms with van der Waals surface area (Å²) in [5.41, 5.74) is 3.47. The molecule has 1 amide bonds. The van der Waals surface area contributed by atoms with Gasteiger partial charge in [-0.1, -0.05) is 29.8 Å². The lowest BCUT2D eigenvalue weighted by Crippen LogP contribution is -2.22.